The van der Waals surface area contributed by atoms with E-state index in [1.54, 1.807) is 36.1 Å². The van der Waals surface area contributed by atoms with Crippen molar-refractivity contribution < 1.29 is 18.4 Å². The summed E-state index contributed by atoms with van der Waals surface area (Å²) in [4.78, 5) is 28.1. The third-order valence-corrected chi connectivity index (χ3v) is 5.70. The van der Waals surface area contributed by atoms with Gasteiger partial charge in [0.1, 0.15) is 5.82 Å². The quantitative estimate of drug-likeness (QED) is 0.614. The zero-order valence-corrected chi connectivity index (χ0v) is 18.5. The number of nitrogens with one attached hydrogen (secondary N) is 1. The number of halogens is 1. The molecule has 168 valence electrons. The van der Waals surface area contributed by atoms with Crippen molar-refractivity contribution in [3.63, 3.8) is 0 Å². The lowest BCUT2D eigenvalue weighted by Crippen LogP contribution is -2.37. The Morgan fingerprint density at radius 2 is 1.79 bits per heavy atom. The molecule has 0 aliphatic carbocycles. The van der Waals surface area contributed by atoms with Crippen LogP contribution in [-0.4, -0.2) is 42.9 Å². The summed E-state index contributed by atoms with van der Waals surface area (Å²) < 4.78 is 18.5. The number of amides is 2. The number of anilines is 2. The molecule has 4 rings (SSSR count). The molecule has 1 N–H and O–H groups in total. The fourth-order valence-corrected chi connectivity index (χ4v) is 3.69. The molecule has 2 amide bonds. The third-order valence-electron chi connectivity index (χ3n) is 5.70. The summed E-state index contributed by atoms with van der Waals surface area (Å²) in [6.07, 6.45) is 0.930. The van der Waals surface area contributed by atoms with Gasteiger partial charge in [0.05, 0.1) is 6.04 Å². The second-order valence-corrected chi connectivity index (χ2v) is 7.94. The lowest BCUT2D eigenvalue weighted by Gasteiger charge is -2.24. The molecule has 3 aromatic rings. The van der Waals surface area contributed by atoms with Crippen molar-refractivity contribution >= 4 is 23.2 Å². The Morgan fingerprint density at radius 3 is 2.48 bits per heavy atom. The maximum atomic E-state index is 13.0. The van der Waals surface area contributed by atoms with Crippen molar-refractivity contribution in [2.75, 3.05) is 30.4 Å². The molecule has 0 bridgehead atoms. The highest BCUT2D eigenvalue weighted by molar-refractivity contribution is 6.02. The summed E-state index contributed by atoms with van der Waals surface area (Å²) >= 11 is 0. The lowest BCUT2D eigenvalue weighted by atomic mass is 10.2. The summed E-state index contributed by atoms with van der Waals surface area (Å²) in [5.74, 6) is 5.57. The number of carbonyl (C=O) groups excluding carboxylic acids is 2. The van der Waals surface area contributed by atoms with E-state index in [2.05, 4.69) is 22.1 Å². The van der Waals surface area contributed by atoms with Crippen LogP contribution in [0.15, 0.2) is 65.1 Å². The van der Waals surface area contributed by atoms with E-state index in [0.29, 0.717) is 17.0 Å². The van der Waals surface area contributed by atoms with E-state index in [9.17, 15) is 14.0 Å². The van der Waals surface area contributed by atoms with Gasteiger partial charge in [-0.05, 0) is 73.0 Å². The third kappa shape index (κ3) is 5.42. The summed E-state index contributed by atoms with van der Waals surface area (Å²) in [6.45, 7) is 3.25. The average Bonchev–Trinajstić information content (AvgIpc) is 3.49. The van der Waals surface area contributed by atoms with E-state index in [0.717, 1.165) is 25.2 Å². The second kappa shape index (κ2) is 9.61. The zero-order chi connectivity index (χ0) is 23.4. The van der Waals surface area contributed by atoms with Crippen LogP contribution in [0.1, 0.15) is 35.2 Å². The first-order valence-corrected chi connectivity index (χ1v) is 10.7. The van der Waals surface area contributed by atoms with Gasteiger partial charge in [0.15, 0.2) is 11.5 Å². The van der Waals surface area contributed by atoms with Crippen LogP contribution in [-0.2, 0) is 4.79 Å². The van der Waals surface area contributed by atoms with Crippen molar-refractivity contribution in [3.8, 4) is 11.8 Å². The zero-order valence-electron chi connectivity index (χ0n) is 18.5. The van der Waals surface area contributed by atoms with Gasteiger partial charge in [0, 0.05) is 44.0 Å². The largest absolute Gasteiger partial charge is 0.443 e. The van der Waals surface area contributed by atoms with Gasteiger partial charge < -0.3 is 19.5 Å². The number of benzene rings is 2. The minimum absolute atomic E-state index is 0.0717. The van der Waals surface area contributed by atoms with Gasteiger partial charge in [-0.25, -0.2) is 4.39 Å². The molecule has 1 aliphatic heterocycles. The predicted molar refractivity (Wildman–Crippen MR) is 125 cm³/mol. The van der Waals surface area contributed by atoms with Crippen LogP contribution < -0.4 is 10.2 Å². The molecule has 1 unspecified atom stereocenters. The van der Waals surface area contributed by atoms with Gasteiger partial charge in [0.25, 0.3) is 5.91 Å². The number of likely N-dealkylation sites (N-methyl/N-ethyl adjacent to an activating group) is 1. The molecule has 1 saturated heterocycles. The molecular weight excluding hydrogens is 421 g/mol. The van der Waals surface area contributed by atoms with E-state index >= 15 is 0 Å². The topological polar surface area (TPSA) is 65.8 Å². The SMILES string of the molecule is CC(=O)N(C)C1CCN(c2ccc(NC(=O)c3ccc(C#Cc4ccc(F)cc4)o3)cc2)C1. The average molecular weight is 445 g/mol. The summed E-state index contributed by atoms with van der Waals surface area (Å²) in [5, 5.41) is 2.82. The van der Waals surface area contributed by atoms with Crippen LogP contribution in [0.2, 0.25) is 0 Å². The summed E-state index contributed by atoms with van der Waals surface area (Å²) in [6, 6.07) is 16.8. The number of rotatable bonds is 4. The Labute approximate surface area is 192 Å². The Hall–Kier alpha value is -4.05. The predicted octanol–water partition coefficient (Wildman–Crippen LogP) is 4.13. The first kappa shape index (κ1) is 22.2. The second-order valence-electron chi connectivity index (χ2n) is 7.94. The van der Waals surface area contributed by atoms with E-state index in [1.165, 1.54) is 12.1 Å². The molecule has 2 aromatic carbocycles. The molecule has 33 heavy (non-hydrogen) atoms. The minimum atomic E-state index is -0.373. The van der Waals surface area contributed by atoms with Gasteiger partial charge in [-0.2, -0.15) is 0 Å². The standard InChI is InChI=1S/C26H24FN3O3/c1-18(31)29(2)23-15-16-30(17-23)22-10-8-21(9-11-22)28-26(32)25-14-13-24(33-25)12-5-19-3-6-20(27)7-4-19/h3-4,6-11,13-14,23H,15-17H2,1-2H3,(H,28,32). The Kier molecular flexibility index (Phi) is 6.45. The first-order valence-electron chi connectivity index (χ1n) is 10.7. The monoisotopic (exact) mass is 445 g/mol. The highest BCUT2D eigenvalue weighted by atomic mass is 19.1. The van der Waals surface area contributed by atoms with Gasteiger partial charge in [0.2, 0.25) is 5.91 Å². The number of nitrogens with zero attached hydrogens (tertiary/aromatic N) is 2. The van der Waals surface area contributed by atoms with Crippen LogP contribution in [0, 0.1) is 17.7 Å². The molecule has 6 nitrogen and oxygen atoms in total. The van der Waals surface area contributed by atoms with E-state index < -0.39 is 0 Å². The number of carbonyl (C=O) groups is 2. The normalized spacial score (nSPS) is 15.0. The molecule has 7 heteroatoms. The van der Waals surface area contributed by atoms with Crippen molar-refractivity contribution in [1.82, 2.24) is 4.90 Å². The smallest absolute Gasteiger partial charge is 0.291 e. The Bertz CT molecular complexity index is 1210. The highest BCUT2D eigenvalue weighted by Crippen LogP contribution is 2.24. The van der Waals surface area contributed by atoms with Crippen molar-refractivity contribution in [2.24, 2.45) is 0 Å². The summed E-state index contributed by atoms with van der Waals surface area (Å²) in [7, 11) is 1.84. The molecule has 1 fully saturated rings. The van der Waals surface area contributed by atoms with Crippen LogP contribution >= 0.6 is 0 Å². The first-order chi connectivity index (χ1) is 15.9. The van der Waals surface area contributed by atoms with Crippen LogP contribution in [0.4, 0.5) is 15.8 Å². The molecular formula is C26H24FN3O3. The molecule has 0 radical (unpaired) electrons. The number of furan rings is 1. The maximum Gasteiger partial charge on any atom is 0.291 e. The lowest BCUT2D eigenvalue weighted by molar-refractivity contribution is -0.129. The van der Waals surface area contributed by atoms with Crippen LogP contribution in [0.5, 0.6) is 0 Å². The van der Waals surface area contributed by atoms with Crippen LogP contribution in [0.3, 0.4) is 0 Å². The molecule has 1 aliphatic rings. The summed E-state index contributed by atoms with van der Waals surface area (Å²) in [5.41, 5.74) is 2.34. The highest BCUT2D eigenvalue weighted by Gasteiger charge is 2.27. The van der Waals surface area contributed by atoms with Gasteiger partial charge in [-0.1, -0.05) is 5.92 Å². The number of hydrogen-bond acceptors (Lipinski definition) is 4. The minimum Gasteiger partial charge on any atom is -0.443 e. The fourth-order valence-electron chi connectivity index (χ4n) is 3.69. The Morgan fingerprint density at radius 1 is 1.06 bits per heavy atom. The van der Waals surface area contributed by atoms with Crippen molar-refractivity contribution in [3.05, 3.63) is 83.6 Å². The maximum absolute atomic E-state index is 13.0. The van der Waals surface area contributed by atoms with Gasteiger partial charge >= 0.3 is 0 Å². The van der Waals surface area contributed by atoms with Crippen LogP contribution in [0.25, 0.3) is 0 Å². The Balaban J connectivity index is 1.35. The van der Waals surface area contributed by atoms with E-state index in [4.69, 9.17) is 4.42 Å². The fraction of sp³-hybridized carbons (Fsp3) is 0.231. The molecule has 0 saturated carbocycles. The van der Waals surface area contributed by atoms with E-state index in [-0.39, 0.29) is 29.4 Å². The molecule has 0 spiro atoms. The van der Waals surface area contributed by atoms with Gasteiger partial charge in [-0.3, -0.25) is 9.59 Å². The van der Waals surface area contributed by atoms with Gasteiger partial charge in [-0.15, -0.1) is 0 Å². The number of hydrogen-bond donors (Lipinski definition) is 1. The van der Waals surface area contributed by atoms with E-state index in [1.807, 2.05) is 31.3 Å². The van der Waals surface area contributed by atoms with Crippen molar-refractivity contribution in [2.45, 2.75) is 19.4 Å². The molecule has 1 atom stereocenters. The van der Waals surface area contributed by atoms with Crippen molar-refractivity contribution in [1.29, 1.82) is 0 Å². The molecule has 2 heterocycles. The molecule has 1 aromatic heterocycles.